The van der Waals surface area contributed by atoms with E-state index in [9.17, 15) is 4.79 Å². The van der Waals surface area contributed by atoms with E-state index in [1.54, 1.807) is 30.0 Å². The van der Waals surface area contributed by atoms with Crippen molar-refractivity contribution in [1.29, 1.82) is 0 Å². The Balaban J connectivity index is 2.33. The predicted molar refractivity (Wildman–Crippen MR) is 89.9 cm³/mol. The number of ether oxygens (including phenoxy) is 2. The van der Waals surface area contributed by atoms with Gasteiger partial charge >= 0.3 is 5.97 Å². The first kappa shape index (κ1) is 16.8. The van der Waals surface area contributed by atoms with Gasteiger partial charge in [-0.3, -0.25) is 0 Å². The van der Waals surface area contributed by atoms with Crippen LogP contribution in [0.15, 0.2) is 36.7 Å². The van der Waals surface area contributed by atoms with Crippen molar-refractivity contribution in [3.63, 3.8) is 0 Å². The molecular weight excluding hydrogens is 292 g/mol. The molecule has 1 aromatic carbocycles. The van der Waals surface area contributed by atoms with Crippen molar-refractivity contribution in [3.8, 4) is 5.75 Å². The van der Waals surface area contributed by atoms with Crippen molar-refractivity contribution in [2.24, 2.45) is 7.05 Å². The maximum absolute atomic E-state index is 12.2. The van der Waals surface area contributed by atoms with Crippen LogP contribution in [0.3, 0.4) is 0 Å². The Morgan fingerprint density at radius 1 is 1.30 bits per heavy atom. The third-order valence-corrected chi connectivity index (χ3v) is 3.12. The number of carbonyl (C=O) groups excluding carboxylic acids is 1. The highest BCUT2D eigenvalue weighted by atomic mass is 16.5. The van der Waals surface area contributed by atoms with Gasteiger partial charge in [0.1, 0.15) is 17.1 Å². The molecule has 1 aromatic heterocycles. The average Bonchev–Trinajstić information content (AvgIpc) is 2.92. The summed E-state index contributed by atoms with van der Waals surface area (Å²) in [6.45, 7) is 6.06. The lowest BCUT2D eigenvalue weighted by Crippen LogP contribution is -2.10. The molecule has 5 heteroatoms. The summed E-state index contributed by atoms with van der Waals surface area (Å²) >= 11 is 0. The molecule has 0 spiro atoms. The van der Waals surface area contributed by atoms with E-state index in [-0.39, 0.29) is 12.1 Å². The number of benzene rings is 1. The van der Waals surface area contributed by atoms with Gasteiger partial charge in [0.25, 0.3) is 0 Å². The highest BCUT2D eigenvalue weighted by Crippen LogP contribution is 2.20. The smallest absolute Gasteiger partial charge is 0.341 e. The van der Waals surface area contributed by atoms with Gasteiger partial charge in [0.15, 0.2) is 0 Å². The van der Waals surface area contributed by atoms with E-state index in [4.69, 9.17) is 9.47 Å². The van der Waals surface area contributed by atoms with E-state index in [0.29, 0.717) is 18.0 Å². The Morgan fingerprint density at radius 3 is 2.52 bits per heavy atom. The van der Waals surface area contributed by atoms with E-state index >= 15 is 0 Å². The van der Waals surface area contributed by atoms with Crippen LogP contribution in [0.2, 0.25) is 0 Å². The Bertz CT molecular complexity index is 685. The van der Waals surface area contributed by atoms with Gasteiger partial charge in [0.2, 0.25) is 0 Å². The fraction of sp³-hybridized carbons (Fsp3) is 0.333. The summed E-state index contributed by atoms with van der Waals surface area (Å²) in [7, 11) is 1.84. The first-order valence-corrected chi connectivity index (χ1v) is 7.64. The summed E-state index contributed by atoms with van der Waals surface area (Å²) < 4.78 is 12.6. The minimum Gasteiger partial charge on any atom is -0.491 e. The summed E-state index contributed by atoms with van der Waals surface area (Å²) in [5.41, 5.74) is 1.31. The molecule has 0 aliphatic carbocycles. The summed E-state index contributed by atoms with van der Waals surface area (Å²) in [6.07, 6.45) is 5.35. The fourth-order valence-electron chi connectivity index (χ4n) is 2.13. The van der Waals surface area contributed by atoms with E-state index in [2.05, 4.69) is 4.98 Å². The van der Waals surface area contributed by atoms with Gasteiger partial charge in [-0.15, -0.1) is 0 Å². The van der Waals surface area contributed by atoms with E-state index in [1.807, 2.05) is 45.2 Å². The second-order valence-corrected chi connectivity index (χ2v) is 5.38. The first-order chi connectivity index (χ1) is 11.0. The molecule has 0 aliphatic rings. The number of aryl methyl sites for hydroxylation is 1. The topological polar surface area (TPSA) is 53.4 Å². The number of rotatable bonds is 6. The van der Waals surface area contributed by atoms with Crippen molar-refractivity contribution >= 4 is 17.6 Å². The van der Waals surface area contributed by atoms with Crippen LogP contribution in [0.1, 0.15) is 32.2 Å². The van der Waals surface area contributed by atoms with Gasteiger partial charge in [-0.2, -0.15) is 0 Å². The molecule has 23 heavy (non-hydrogen) atoms. The Hall–Kier alpha value is -2.56. The second-order valence-electron chi connectivity index (χ2n) is 5.38. The van der Waals surface area contributed by atoms with Crippen molar-refractivity contribution in [2.45, 2.75) is 26.9 Å². The van der Waals surface area contributed by atoms with Gasteiger partial charge in [0.05, 0.1) is 12.7 Å². The fourth-order valence-corrected chi connectivity index (χ4v) is 2.13. The second kappa shape index (κ2) is 7.63. The van der Waals surface area contributed by atoms with E-state index in [0.717, 1.165) is 11.3 Å². The SMILES string of the molecule is CCOC(=O)C(=Cc1ccc(OC(C)C)cc1)c1nccn1C. The molecule has 0 radical (unpaired) electrons. The molecule has 0 saturated heterocycles. The van der Waals surface area contributed by atoms with Crippen LogP contribution in [0.4, 0.5) is 0 Å². The quantitative estimate of drug-likeness (QED) is 0.606. The molecule has 5 nitrogen and oxygen atoms in total. The van der Waals surface area contributed by atoms with E-state index < -0.39 is 0 Å². The number of hydrogen-bond donors (Lipinski definition) is 0. The number of esters is 1. The normalized spacial score (nSPS) is 11.6. The van der Waals surface area contributed by atoms with Crippen LogP contribution < -0.4 is 4.74 Å². The van der Waals surface area contributed by atoms with Crippen molar-refractivity contribution in [3.05, 3.63) is 48.0 Å². The zero-order valence-corrected chi connectivity index (χ0v) is 13.9. The van der Waals surface area contributed by atoms with Crippen LogP contribution in [-0.4, -0.2) is 28.2 Å². The van der Waals surface area contributed by atoms with E-state index in [1.165, 1.54) is 0 Å². The van der Waals surface area contributed by atoms with Gasteiger partial charge in [-0.1, -0.05) is 12.1 Å². The largest absolute Gasteiger partial charge is 0.491 e. The molecule has 122 valence electrons. The summed E-state index contributed by atoms with van der Waals surface area (Å²) in [5.74, 6) is 0.988. The summed E-state index contributed by atoms with van der Waals surface area (Å²) in [5, 5.41) is 0. The van der Waals surface area contributed by atoms with Gasteiger partial charge in [-0.05, 0) is 44.5 Å². The molecule has 0 amide bonds. The highest BCUT2D eigenvalue weighted by molar-refractivity contribution is 6.20. The third-order valence-electron chi connectivity index (χ3n) is 3.12. The van der Waals surface area contributed by atoms with Crippen LogP contribution in [0.25, 0.3) is 11.6 Å². The number of imidazole rings is 1. The summed E-state index contributed by atoms with van der Waals surface area (Å²) in [4.78, 5) is 16.5. The number of carbonyl (C=O) groups is 1. The molecule has 0 unspecified atom stereocenters. The maximum Gasteiger partial charge on any atom is 0.341 e. The van der Waals surface area contributed by atoms with Crippen LogP contribution >= 0.6 is 0 Å². The van der Waals surface area contributed by atoms with Crippen LogP contribution in [0, 0.1) is 0 Å². The molecular formula is C18H22N2O3. The zero-order chi connectivity index (χ0) is 16.8. The highest BCUT2D eigenvalue weighted by Gasteiger charge is 2.17. The molecule has 0 saturated carbocycles. The number of aromatic nitrogens is 2. The maximum atomic E-state index is 12.2. The molecule has 2 aromatic rings. The molecule has 0 aliphatic heterocycles. The molecule has 1 heterocycles. The lowest BCUT2D eigenvalue weighted by molar-refractivity contribution is -0.136. The molecule has 0 bridgehead atoms. The summed E-state index contributed by atoms with van der Waals surface area (Å²) in [6, 6.07) is 7.57. The average molecular weight is 314 g/mol. The lowest BCUT2D eigenvalue weighted by atomic mass is 10.1. The van der Waals surface area contributed by atoms with Crippen molar-refractivity contribution < 1.29 is 14.3 Å². The third kappa shape index (κ3) is 4.45. The number of nitrogens with zero attached hydrogens (tertiary/aromatic N) is 2. The van der Waals surface area contributed by atoms with Gasteiger partial charge in [-0.25, -0.2) is 9.78 Å². The Morgan fingerprint density at radius 2 is 2.00 bits per heavy atom. The molecule has 0 N–H and O–H groups in total. The Labute approximate surface area is 136 Å². The molecule has 0 fully saturated rings. The minimum absolute atomic E-state index is 0.124. The zero-order valence-electron chi connectivity index (χ0n) is 13.9. The Kier molecular flexibility index (Phi) is 5.57. The van der Waals surface area contributed by atoms with Gasteiger partial charge in [0, 0.05) is 19.4 Å². The van der Waals surface area contributed by atoms with Gasteiger partial charge < -0.3 is 14.0 Å². The van der Waals surface area contributed by atoms with Crippen LogP contribution in [0.5, 0.6) is 5.75 Å². The predicted octanol–water partition coefficient (Wildman–Crippen LogP) is 3.31. The first-order valence-electron chi connectivity index (χ1n) is 7.64. The monoisotopic (exact) mass is 314 g/mol. The minimum atomic E-state index is -0.385. The van der Waals surface area contributed by atoms with Crippen LogP contribution in [-0.2, 0) is 16.6 Å². The molecule has 0 atom stereocenters. The van der Waals surface area contributed by atoms with Crippen molar-refractivity contribution in [2.75, 3.05) is 6.61 Å². The number of hydrogen-bond acceptors (Lipinski definition) is 4. The van der Waals surface area contributed by atoms with Crippen molar-refractivity contribution in [1.82, 2.24) is 9.55 Å². The molecule has 2 rings (SSSR count). The lowest BCUT2D eigenvalue weighted by Gasteiger charge is -2.10. The standard InChI is InChI=1S/C18H22N2O3/c1-5-22-18(21)16(17-19-10-11-20(17)4)12-14-6-8-15(9-7-14)23-13(2)3/h6-13H,5H2,1-4H3.